The number of ketones is 1. The van der Waals surface area contributed by atoms with E-state index in [4.69, 9.17) is 4.74 Å². The maximum atomic E-state index is 11.1. The van der Waals surface area contributed by atoms with Crippen molar-refractivity contribution >= 4 is 5.78 Å². The molecule has 0 aromatic carbocycles. The molecule has 86 valence electrons. The third kappa shape index (κ3) is 3.30. The highest BCUT2D eigenvalue weighted by atomic mass is 16.5. The molecule has 2 aliphatic rings. The van der Waals surface area contributed by atoms with E-state index in [1.807, 2.05) is 0 Å². The van der Waals surface area contributed by atoms with Gasteiger partial charge in [-0.25, -0.2) is 0 Å². The van der Waals surface area contributed by atoms with Crippen molar-refractivity contribution in [2.45, 2.75) is 58.0 Å². The lowest BCUT2D eigenvalue weighted by molar-refractivity contribution is -0.118. The second-order valence-corrected chi connectivity index (χ2v) is 5.37. The lowest BCUT2D eigenvalue weighted by Gasteiger charge is -2.27. The van der Waals surface area contributed by atoms with E-state index in [1.54, 1.807) is 0 Å². The van der Waals surface area contributed by atoms with Crippen LogP contribution in [-0.4, -0.2) is 18.5 Å². The van der Waals surface area contributed by atoms with E-state index < -0.39 is 0 Å². The maximum Gasteiger partial charge on any atom is 0.135 e. The van der Waals surface area contributed by atoms with Crippen LogP contribution in [0, 0.1) is 11.8 Å². The fourth-order valence-electron chi connectivity index (χ4n) is 2.91. The molecule has 0 bridgehead atoms. The maximum absolute atomic E-state index is 11.1. The minimum Gasteiger partial charge on any atom is -0.377 e. The lowest BCUT2D eigenvalue weighted by atomic mass is 9.83. The third-order valence-electron chi connectivity index (χ3n) is 3.81. The summed E-state index contributed by atoms with van der Waals surface area (Å²) in [5.41, 5.74) is 0. The highest BCUT2D eigenvalue weighted by Crippen LogP contribution is 2.29. The first-order valence-electron chi connectivity index (χ1n) is 6.37. The van der Waals surface area contributed by atoms with Crippen molar-refractivity contribution in [1.29, 1.82) is 0 Å². The van der Waals surface area contributed by atoms with Gasteiger partial charge in [-0.1, -0.05) is 19.8 Å². The Morgan fingerprint density at radius 1 is 1.33 bits per heavy atom. The van der Waals surface area contributed by atoms with Crippen LogP contribution >= 0.6 is 0 Å². The van der Waals surface area contributed by atoms with E-state index in [9.17, 15) is 4.79 Å². The molecular formula is C13H22O2. The molecular weight excluding hydrogens is 188 g/mol. The highest BCUT2D eigenvalue weighted by Gasteiger charge is 2.25. The van der Waals surface area contributed by atoms with E-state index in [2.05, 4.69) is 6.92 Å². The predicted octanol–water partition coefficient (Wildman–Crippen LogP) is 2.95. The van der Waals surface area contributed by atoms with E-state index in [0.717, 1.165) is 31.3 Å². The molecule has 2 heteroatoms. The quantitative estimate of drug-likeness (QED) is 0.716. The first-order chi connectivity index (χ1) is 7.24. The van der Waals surface area contributed by atoms with Crippen LogP contribution < -0.4 is 0 Å². The summed E-state index contributed by atoms with van der Waals surface area (Å²) >= 11 is 0. The molecule has 0 heterocycles. The van der Waals surface area contributed by atoms with Gasteiger partial charge in [0.05, 0.1) is 6.10 Å². The molecule has 2 nitrogen and oxygen atoms in total. The van der Waals surface area contributed by atoms with Gasteiger partial charge in [-0.15, -0.1) is 0 Å². The summed E-state index contributed by atoms with van der Waals surface area (Å²) < 4.78 is 5.84. The fourth-order valence-corrected chi connectivity index (χ4v) is 2.91. The number of carbonyl (C=O) groups excluding carboxylic acids is 1. The summed E-state index contributed by atoms with van der Waals surface area (Å²) in [5, 5.41) is 0. The van der Waals surface area contributed by atoms with Crippen molar-refractivity contribution in [3.63, 3.8) is 0 Å². The van der Waals surface area contributed by atoms with Gasteiger partial charge in [0.15, 0.2) is 0 Å². The Labute approximate surface area is 92.4 Å². The van der Waals surface area contributed by atoms with E-state index in [-0.39, 0.29) is 6.10 Å². The van der Waals surface area contributed by atoms with E-state index in [0.29, 0.717) is 12.2 Å². The topological polar surface area (TPSA) is 26.3 Å². The molecule has 0 aromatic heterocycles. The number of ether oxygens (including phenoxy) is 1. The Kier molecular flexibility index (Phi) is 3.79. The van der Waals surface area contributed by atoms with Crippen LogP contribution in [0.2, 0.25) is 0 Å². The molecule has 0 aromatic rings. The Morgan fingerprint density at radius 2 is 2.20 bits per heavy atom. The molecule has 0 amide bonds. The van der Waals surface area contributed by atoms with Gasteiger partial charge in [0.1, 0.15) is 5.78 Å². The Morgan fingerprint density at radius 3 is 2.87 bits per heavy atom. The van der Waals surface area contributed by atoms with Crippen molar-refractivity contribution in [2.24, 2.45) is 11.8 Å². The van der Waals surface area contributed by atoms with Crippen LogP contribution in [0.15, 0.2) is 0 Å². The van der Waals surface area contributed by atoms with Gasteiger partial charge in [0, 0.05) is 19.4 Å². The summed E-state index contributed by atoms with van der Waals surface area (Å²) in [5.74, 6) is 2.01. The van der Waals surface area contributed by atoms with Crippen molar-refractivity contribution in [1.82, 2.24) is 0 Å². The zero-order valence-electron chi connectivity index (χ0n) is 9.71. The van der Waals surface area contributed by atoms with Crippen molar-refractivity contribution < 1.29 is 9.53 Å². The largest absolute Gasteiger partial charge is 0.377 e. The first-order valence-corrected chi connectivity index (χ1v) is 6.37. The smallest absolute Gasteiger partial charge is 0.135 e. The number of hydrogen-bond acceptors (Lipinski definition) is 2. The van der Waals surface area contributed by atoms with Crippen LogP contribution in [0.3, 0.4) is 0 Å². The van der Waals surface area contributed by atoms with Gasteiger partial charge >= 0.3 is 0 Å². The molecule has 0 aliphatic heterocycles. The molecule has 15 heavy (non-hydrogen) atoms. The zero-order valence-corrected chi connectivity index (χ0v) is 9.71. The molecule has 0 radical (unpaired) electrons. The molecule has 3 atom stereocenters. The highest BCUT2D eigenvalue weighted by molar-refractivity contribution is 5.81. The van der Waals surface area contributed by atoms with E-state index in [1.165, 1.54) is 25.7 Å². The SMILES string of the molecule is CC1CCCC(COC2CCC(=O)C2)C1. The van der Waals surface area contributed by atoms with Gasteiger partial charge in [0.25, 0.3) is 0 Å². The Balaban J connectivity index is 1.66. The van der Waals surface area contributed by atoms with Crippen molar-refractivity contribution in [3.8, 4) is 0 Å². The Hall–Kier alpha value is -0.370. The van der Waals surface area contributed by atoms with Gasteiger partial charge in [-0.05, 0) is 31.1 Å². The first kappa shape index (κ1) is 11.1. The third-order valence-corrected chi connectivity index (χ3v) is 3.81. The molecule has 3 unspecified atom stereocenters. The van der Waals surface area contributed by atoms with Gasteiger partial charge in [-0.2, -0.15) is 0 Å². The van der Waals surface area contributed by atoms with Crippen LogP contribution in [0.1, 0.15) is 51.9 Å². The molecule has 2 fully saturated rings. The van der Waals surface area contributed by atoms with Gasteiger partial charge < -0.3 is 4.74 Å². The second-order valence-electron chi connectivity index (χ2n) is 5.37. The summed E-state index contributed by atoms with van der Waals surface area (Å²) in [6, 6.07) is 0. The number of hydrogen-bond donors (Lipinski definition) is 0. The zero-order chi connectivity index (χ0) is 10.7. The predicted molar refractivity (Wildman–Crippen MR) is 59.7 cm³/mol. The second kappa shape index (κ2) is 5.11. The molecule has 2 saturated carbocycles. The van der Waals surface area contributed by atoms with Crippen LogP contribution in [0.4, 0.5) is 0 Å². The Bertz CT molecular complexity index is 225. The standard InChI is InChI=1S/C13H22O2/c1-10-3-2-4-11(7-10)9-15-13-6-5-12(14)8-13/h10-11,13H,2-9H2,1H3. The molecule has 2 rings (SSSR count). The number of rotatable bonds is 3. The normalized spacial score (nSPS) is 37.1. The number of carbonyl (C=O) groups is 1. The average molecular weight is 210 g/mol. The van der Waals surface area contributed by atoms with Crippen molar-refractivity contribution in [2.75, 3.05) is 6.61 Å². The fraction of sp³-hybridized carbons (Fsp3) is 0.923. The molecule has 0 N–H and O–H groups in total. The van der Waals surface area contributed by atoms with Gasteiger partial charge in [-0.3, -0.25) is 4.79 Å². The minimum atomic E-state index is 0.245. The molecule has 2 aliphatic carbocycles. The van der Waals surface area contributed by atoms with Crippen LogP contribution in [0.5, 0.6) is 0 Å². The van der Waals surface area contributed by atoms with Gasteiger partial charge in [0.2, 0.25) is 0 Å². The summed E-state index contributed by atoms with van der Waals surface area (Å²) in [7, 11) is 0. The van der Waals surface area contributed by atoms with Crippen molar-refractivity contribution in [3.05, 3.63) is 0 Å². The number of Topliss-reactive ketones (excluding diaryl/α,β-unsaturated/α-hetero) is 1. The summed E-state index contributed by atoms with van der Waals surface area (Å²) in [4.78, 5) is 11.1. The minimum absolute atomic E-state index is 0.245. The summed E-state index contributed by atoms with van der Waals surface area (Å²) in [6.45, 7) is 3.23. The summed E-state index contributed by atoms with van der Waals surface area (Å²) in [6.07, 6.45) is 8.01. The monoisotopic (exact) mass is 210 g/mol. The molecule has 0 saturated heterocycles. The molecule has 0 spiro atoms. The average Bonchev–Trinajstić information content (AvgIpc) is 2.62. The van der Waals surface area contributed by atoms with Crippen LogP contribution in [0.25, 0.3) is 0 Å². The lowest BCUT2D eigenvalue weighted by Crippen LogP contribution is -2.21. The van der Waals surface area contributed by atoms with E-state index >= 15 is 0 Å². The van der Waals surface area contributed by atoms with Crippen LogP contribution in [-0.2, 0) is 9.53 Å².